The Kier molecular flexibility index (Phi) is 4.87. The minimum Gasteiger partial charge on any atom is -0.347 e. The maximum absolute atomic E-state index is 12.6. The number of piperidine rings is 1. The summed E-state index contributed by atoms with van der Waals surface area (Å²) in [6.45, 7) is 6.89. The molecule has 2 fully saturated rings. The van der Waals surface area contributed by atoms with E-state index in [1.54, 1.807) is 0 Å². The molecule has 0 radical (unpaired) electrons. The number of urea groups is 1. The second-order valence-corrected chi connectivity index (χ2v) is 6.18. The van der Waals surface area contributed by atoms with Crippen molar-refractivity contribution >= 4 is 11.7 Å². The Balaban J connectivity index is 1.66. The molecule has 0 aromatic heterocycles. The fraction of sp³-hybridized carbons (Fsp3) is 0.611. The van der Waals surface area contributed by atoms with Crippen molar-refractivity contribution in [1.29, 1.82) is 0 Å². The number of amides is 2. The van der Waals surface area contributed by atoms with Gasteiger partial charge in [0, 0.05) is 31.6 Å². The van der Waals surface area contributed by atoms with Crippen LogP contribution in [0.4, 0.5) is 10.5 Å². The van der Waals surface area contributed by atoms with Crippen molar-refractivity contribution in [2.45, 2.75) is 45.3 Å². The Morgan fingerprint density at radius 3 is 2.22 bits per heavy atom. The summed E-state index contributed by atoms with van der Waals surface area (Å²) in [7, 11) is 0. The molecule has 2 heterocycles. The number of hydrogen-bond acceptors (Lipinski definition) is 3. The van der Waals surface area contributed by atoms with Gasteiger partial charge < -0.3 is 19.7 Å². The van der Waals surface area contributed by atoms with Gasteiger partial charge in [-0.25, -0.2) is 4.79 Å². The van der Waals surface area contributed by atoms with Gasteiger partial charge in [-0.15, -0.1) is 0 Å². The van der Waals surface area contributed by atoms with E-state index in [0.29, 0.717) is 26.3 Å². The molecule has 126 valence electrons. The standard InChI is InChI=1S/C18H26N2O3/c1-3-14-6-5-7-15(4-2)16(14)19-17(21)20-10-8-18(9-11-20)22-12-13-23-18/h5-7H,3-4,8-13H2,1-2H3,(H,19,21). The molecular formula is C18H26N2O3. The zero-order valence-corrected chi connectivity index (χ0v) is 14.1. The monoisotopic (exact) mass is 318 g/mol. The van der Waals surface area contributed by atoms with E-state index in [0.717, 1.165) is 31.4 Å². The van der Waals surface area contributed by atoms with E-state index in [4.69, 9.17) is 9.47 Å². The third-order valence-corrected chi connectivity index (χ3v) is 4.86. The molecule has 2 saturated heterocycles. The number of hydrogen-bond donors (Lipinski definition) is 1. The van der Waals surface area contributed by atoms with Crippen LogP contribution in [0.25, 0.3) is 0 Å². The minimum absolute atomic E-state index is 0.0200. The molecule has 1 N–H and O–H groups in total. The van der Waals surface area contributed by atoms with Crippen molar-refractivity contribution in [1.82, 2.24) is 4.90 Å². The van der Waals surface area contributed by atoms with Crippen LogP contribution < -0.4 is 5.32 Å². The summed E-state index contributed by atoms with van der Waals surface area (Å²) in [6, 6.07) is 6.21. The zero-order chi connectivity index (χ0) is 16.3. The molecule has 23 heavy (non-hydrogen) atoms. The normalized spacial score (nSPS) is 20.0. The minimum atomic E-state index is -0.438. The Morgan fingerprint density at radius 2 is 1.70 bits per heavy atom. The Hall–Kier alpha value is -1.59. The van der Waals surface area contributed by atoms with E-state index in [1.807, 2.05) is 4.90 Å². The number of carbonyl (C=O) groups excluding carboxylic acids is 1. The number of ether oxygens (including phenoxy) is 2. The highest BCUT2D eigenvalue weighted by Crippen LogP contribution is 2.31. The number of anilines is 1. The van der Waals surface area contributed by atoms with Crippen molar-refractivity contribution in [3.63, 3.8) is 0 Å². The summed E-state index contributed by atoms with van der Waals surface area (Å²) in [5.41, 5.74) is 3.36. The lowest BCUT2D eigenvalue weighted by molar-refractivity contribution is -0.181. The highest BCUT2D eigenvalue weighted by molar-refractivity contribution is 5.91. The van der Waals surface area contributed by atoms with Crippen LogP contribution in [-0.4, -0.2) is 43.0 Å². The summed E-state index contributed by atoms with van der Waals surface area (Å²) in [5.74, 6) is -0.438. The lowest BCUT2D eigenvalue weighted by atomic mass is 10.0. The van der Waals surface area contributed by atoms with E-state index < -0.39 is 5.79 Å². The average molecular weight is 318 g/mol. The number of nitrogens with zero attached hydrogens (tertiary/aromatic N) is 1. The van der Waals surface area contributed by atoms with Crippen LogP contribution in [0.3, 0.4) is 0 Å². The summed E-state index contributed by atoms with van der Waals surface area (Å²) in [6.07, 6.45) is 3.31. The van der Waals surface area contributed by atoms with Gasteiger partial charge >= 0.3 is 6.03 Å². The number of likely N-dealkylation sites (tertiary alicyclic amines) is 1. The Bertz CT molecular complexity index is 535. The Labute approximate surface area is 137 Å². The molecule has 0 aliphatic carbocycles. The number of aryl methyl sites for hydroxylation is 2. The molecule has 5 nitrogen and oxygen atoms in total. The third kappa shape index (κ3) is 3.35. The van der Waals surface area contributed by atoms with Crippen LogP contribution in [0.5, 0.6) is 0 Å². The number of rotatable bonds is 3. The van der Waals surface area contributed by atoms with Crippen LogP contribution in [-0.2, 0) is 22.3 Å². The molecule has 0 atom stereocenters. The lowest BCUT2D eigenvalue weighted by Crippen LogP contribution is -2.48. The first-order valence-electron chi connectivity index (χ1n) is 8.62. The smallest absolute Gasteiger partial charge is 0.321 e. The molecular weight excluding hydrogens is 292 g/mol. The quantitative estimate of drug-likeness (QED) is 0.931. The van der Waals surface area contributed by atoms with E-state index in [9.17, 15) is 4.79 Å². The number of nitrogens with one attached hydrogen (secondary N) is 1. The van der Waals surface area contributed by atoms with Gasteiger partial charge in [-0.3, -0.25) is 0 Å². The molecule has 0 saturated carbocycles. The van der Waals surface area contributed by atoms with Crippen LogP contribution in [0, 0.1) is 0 Å². The maximum Gasteiger partial charge on any atom is 0.321 e. The van der Waals surface area contributed by atoms with Crippen molar-refractivity contribution in [2.24, 2.45) is 0 Å². The highest BCUT2D eigenvalue weighted by Gasteiger charge is 2.40. The highest BCUT2D eigenvalue weighted by atomic mass is 16.7. The van der Waals surface area contributed by atoms with Crippen molar-refractivity contribution < 1.29 is 14.3 Å². The summed E-state index contributed by atoms with van der Waals surface area (Å²) in [5, 5.41) is 3.14. The molecule has 1 aromatic rings. The van der Waals surface area contributed by atoms with Crippen molar-refractivity contribution in [2.75, 3.05) is 31.6 Å². The van der Waals surface area contributed by atoms with Gasteiger partial charge in [0.25, 0.3) is 0 Å². The van der Waals surface area contributed by atoms with Crippen LogP contribution in [0.15, 0.2) is 18.2 Å². The molecule has 2 amide bonds. The van der Waals surface area contributed by atoms with Gasteiger partial charge in [-0.05, 0) is 24.0 Å². The summed E-state index contributed by atoms with van der Waals surface area (Å²) >= 11 is 0. The van der Waals surface area contributed by atoms with Gasteiger partial charge in [0.05, 0.1) is 13.2 Å². The lowest BCUT2D eigenvalue weighted by Gasteiger charge is -2.37. The molecule has 0 bridgehead atoms. The molecule has 3 rings (SSSR count). The average Bonchev–Trinajstić information content (AvgIpc) is 3.03. The largest absolute Gasteiger partial charge is 0.347 e. The first kappa shape index (κ1) is 16.3. The van der Waals surface area contributed by atoms with E-state index in [1.165, 1.54) is 11.1 Å². The van der Waals surface area contributed by atoms with Crippen molar-refractivity contribution in [3.8, 4) is 0 Å². The van der Waals surface area contributed by atoms with Crippen LogP contribution in [0.1, 0.15) is 37.8 Å². The number of carbonyl (C=O) groups is 1. The second-order valence-electron chi connectivity index (χ2n) is 6.18. The molecule has 1 aromatic carbocycles. The first-order chi connectivity index (χ1) is 11.2. The summed E-state index contributed by atoms with van der Waals surface area (Å²) < 4.78 is 11.4. The first-order valence-corrected chi connectivity index (χ1v) is 8.62. The van der Waals surface area contributed by atoms with Crippen molar-refractivity contribution in [3.05, 3.63) is 29.3 Å². The fourth-order valence-corrected chi connectivity index (χ4v) is 3.43. The number of benzene rings is 1. The van der Waals surface area contributed by atoms with Crippen LogP contribution >= 0.6 is 0 Å². The molecule has 2 aliphatic rings. The Morgan fingerprint density at radius 1 is 1.13 bits per heavy atom. The zero-order valence-electron chi connectivity index (χ0n) is 14.1. The maximum atomic E-state index is 12.6. The van der Waals surface area contributed by atoms with Gasteiger partial charge in [0.2, 0.25) is 0 Å². The summed E-state index contributed by atoms with van der Waals surface area (Å²) in [4.78, 5) is 14.5. The predicted octanol–water partition coefficient (Wildman–Crippen LogP) is 3.18. The third-order valence-electron chi connectivity index (χ3n) is 4.86. The van der Waals surface area contributed by atoms with Gasteiger partial charge in [-0.2, -0.15) is 0 Å². The van der Waals surface area contributed by atoms with Crippen LogP contribution in [0.2, 0.25) is 0 Å². The topological polar surface area (TPSA) is 50.8 Å². The molecule has 5 heteroatoms. The molecule has 2 aliphatic heterocycles. The van der Waals surface area contributed by atoms with E-state index in [2.05, 4.69) is 37.4 Å². The number of para-hydroxylation sites is 1. The predicted molar refractivity (Wildman–Crippen MR) is 89.7 cm³/mol. The molecule has 1 spiro atoms. The van der Waals surface area contributed by atoms with E-state index in [-0.39, 0.29) is 6.03 Å². The van der Waals surface area contributed by atoms with E-state index >= 15 is 0 Å². The fourth-order valence-electron chi connectivity index (χ4n) is 3.43. The van der Waals surface area contributed by atoms with Gasteiger partial charge in [-0.1, -0.05) is 32.0 Å². The second kappa shape index (κ2) is 6.89. The van der Waals surface area contributed by atoms with Gasteiger partial charge in [0.15, 0.2) is 5.79 Å². The SMILES string of the molecule is CCc1cccc(CC)c1NC(=O)N1CCC2(CC1)OCCO2. The molecule has 0 unspecified atom stereocenters. The van der Waals surface area contributed by atoms with Gasteiger partial charge in [0.1, 0.15) is 0 Å².